The molecule has 1 aliphatic rings. The van der Waals surface area contributed by atoms with Crippen molar-refractivity contribution in [2.24, 2.45) is 0 Å². The van der Waals surface area contributed by atoms with Crippen molar-refractivity contribution in [1.82, 2.24) is 0 Å². The van der Waals surface area contributed by atoms with Crippen molar-refractivity contribution < 1.29 is 37.0 Å². The van der Waals surface area contributed by atoms with Crippen LogP contribution in [0.5, 0.6) is 0 Å². The molecule has 0 aromatic heterocycles. The van der Waals surface area contributed by atoms with Crippen LogP contribution >= 0.6 is 0 Å². The lowest BCUT2D eigenvalue weighted by molar-refractivity contribution is -0.477. The van der Waals surface area contributed by atoms with Crippen LogP contribution in [0.25, 0.3) is 0 Å². The molecule has 154 valence electrons. The van der Waals surface area contributed by atoms with Gasteiger partial charge in [0.15, 0.2) is 0 Å². The summed E-state index contributed by atoms with van der Waals surface area (Å²) in [5, 5.41) is 0. The second-order valence-corrected chi connectivity index (χ2v) is 8.02. The fraction of sp³-hybridized carbons (Fsp3) is 0.882. The molecule has 0 bridgehead atoms. The third kappa shape index (κ3) is 8.55. The highest BCUT2D eigenvalue weighted by atomic mass is 28.4. The fourth-order valence-electron chi connectivity index (χ4n) is 2.13. The van der Waals surface area contributed by atoms with E-state index in [9.17, 15) is 0 Å². The predicted molar refractivity (Wildman–Crippen MR) is 97.4 cm³/mol. The highest BCUT2D eigenvalue weighted by Crippen LogP contribution is 2.25. The van der Waals surface area contributed by atoms with Crippen molar-refractivity contribution in [3.8, 4) is 0 Å². The van der Waals surface area contributed by atoms with Gasteiger partial charge in [-0.1, -0.05) is 6.58 Å². The van der Waals surface area contributed by atoms with Crippen molar-refractivity contribution >= 4 is 8.80 Å². The van der Waals surface area contributed by atoms with E-state index in [2.05, 4.69) is 6.58 Å². The van der Waals surface area contributed by atoms with Gasteiger partial charge in [0.05, 0.1) is 33.0 Å². The summed E-state index contributed by atoms with van der Waals surface area (Å²) in [6.07, 6.45) is 0.289. The molecular weight excluding hydrogens is 360 g/mol. The number of ether oxygens (including phenoxy) is 5. The predicted octanol–water partition coefficient (Wildman–Crippen LogP) is 2.25. The van der Waals surface area contributed by atoms with E-state index in [-0.39, 0.29) is 6.10 Å². The first-order chi connectivity index (χ1) is 12.6. The lowest BCUT2D eigenvalue weighted by Gasteiger charge is -2.37. The van der Waals surface area contributed by atoms with Crippen molar-refractivity contribution in [2.75, 3.05) is 53.4 Å². The van der Waals surface area contributed by atoms with Gasteiger partial charge in [0.1, 0.15) is 6.10 Å². The number of epoxide rings is 1. The van der Waals surface area contributed by atoms with Crippen molar-refractivity contribution in [2.45, 2.75) is 45.9 Å². The lowest BCUT2D eigenvalue weighted by Crippen LogP contribution is -2.55. The van der Waals surface area contributed by atoms with E-state index < -0.39 is 15.0 Å². The van der Waals surface area contributed by atoms with Crippen molar-refractivity contribution in [3.05, 3.63) is 12.3 Å². The maximum absolute atomic E-state index is 5.97. The summed E-state index contributed by atoms with van der Waals surface area (Å²) in [5.74, 6) is 0. The third-order valence-electron chi connectivity index (χ3n) is 3.46. The molecule has 1 aliphatic heterocycles. The van der Waals surface area contributed by atoms with Gasteiger partial charge in [-0.2, -0.15) is 0 Å². The number of unbranched alkanes of at least 4 members (excludes halogenated alkanes) is 1. The van der Waals surface area contributed by atoms with Gasteiger partial charge >= 0.3 is 15.0 Å². The van der Waals surface area contributed by atoms with Crippen LogP contribution in [0, 0.1) is 0 Å². The minimum atomic E-state index is -3.24. The summed E-state index contributed by atoms with van der Waals surface area (Å²) in [4.78, 5) is 0. The molecule has 0 aromatic rings. The Labute approximate surface area is 158 Å². The van der Waals surface area contributed by atoms with Gasteiger partial charge < -0.3 is 32.5 Å². The van der Waals surface area contributed by atoms with Gasteiger partial charge in [0, 0.05) is 20.3 Å². The van der Waals surface area contributed by atoms with Crippen molar-refractivity contribution in [1.29, 1.82) is 0 Å². The maximum Gasteiger partial charge on any atom is 0.534 e. The van der Waals surface area contributed by atoms with Crippen molar-refractivity contribution in [3.63, 3.8) is 0 Å². The van der Waals surface area contributed by atoms with Crippen LogP contribution in [0.1, 0.15) is 33.6 Å². The minimum Gasteiger partial charge on any atom is -0.379 e. The molecule has 0 N–H and O–H groups in total. The topological polar surface area (TPSA) is 77.1 Å². The molecule has 1 heterocycles. The van der Waals surface area contributed by atoms with E-state index in [4.69, 9.17) is 37.0 Å². The van der Waals surface area contributed by atoms with Crippen LogP contribution in [0.2, 0.25) is 0 Å². The summed E-state index contributed by atoms with van der Waals surface area (Å²) >= 11 is 0. The van der Waals surface area contributed by atoms with Gasteiger partial charge in [-0.25, -0.2) is 0 Å². The second kappa shape index (κ2) is 12.9. The van der Waals surface area contributed by atoms with E-state index in [0.717, 1.165) is 19.4 Å². The molecule has 0 spiro atoms. The smallest absolute Gasteiger partial charge is 0.379 e. The highest BCUT2D eigenvalue weighted by Gasteiger charge is 2.49. The molecule has 0 saturated carbocycles. The Kier molecular flexibility index (Phi) is 11.8. The van der Waals surface area contributed by atoms with Gasteiger partial charge in [0.25, 0.3) is 0 Å². The molecule has 1 rings (SSSR count). The molecule has 2 unspecified atom stereocenters. The summed E-state index contributed by atoms with van der Waals surface area (Å²) in [5.41, 5.74) is 1.54. The summed E-state index contributed by atoms with van der Waals surface area (Å²) < 4.78 is 44.8. The summed E-state index contributed by atoms with van der Waals surface area (Å²) in [7, 11) is -1.72. The Morgan fingerprint density at radius 1 is 1.08 bits per heavy atom. The van der Waals surface area contributed by atoms with Crippen LogP contribution in [0.15, 0.2) is 12.3 Å². The first kappa shape index (κ1) is 23.7. The summed E-state index contributed by atoms with van der Waals surface area (Å²) in [6, 6.07) is 0. The van der Waals surface area contributed by atoms with Crippen LogP contribution in [-0.4, -0.2) is 74.4 Å². The lowest BCUT2D eigenvalue weighted by atomic mass is 10.3. The Balaban J connectivity index is 2.50. The molecule has 1 saturated heterocycles. The zero-order valence-electron chi connectivity index (χ0n) is 16.5. The SMILES string of the molecule is C=C[Si](OC)(OCCCCOCC1CO1)OC(OCC)(OCC)OCC. The number of hydrogen-bond acceptors (Lipinski definition) is 8. The molecule has 1 fully saturated rings. The van der Waals surface area contributed by atoms with Crippen LogP contribution in [0.3, 0.4) is 0 Å². The minimum absolute atomic E-state index is 0.290. The number of hydrogen-bond donors (Lipinski definition) is 0. The standard InChI is InChI=1S/C17H34O8Si/c1-6-21-17(22-7-2,23-8-3)25-26(9-4,18-5)24-13-11-10-12-19-14-16-15-20-16/h9,16H,4,6-8,10-15H2,1-3,5H3. The molecule has 0 aliphatic carbocycles. The molecule has 26 heavy (non-hydrogen) atoms. The zero-order chi connectivity index (χ0) is 19.3. The van der Waals surface area contributed by atoms with E-state index in [0.29, 0.717) is 39.6 Å². The van der Waals surface area contributed by atoms with Gasteiger partial charge in [-0.05, 0) is 39.3 Å². The maximum atomic E-state index is 5.97. The first-order valence-electron chi connectivity index (χ1n) is 9.23. The van der Waals surface area contributed by atoms with Crippen LogP contribution in [0.4, 0.5) is 0 Å². The molecule has 0 aromatic carbocycles. The Morgan fingerprint density at radius 3 is 2.12 bits per heavy atom. The summed E-state index contributed by atoms with van der Waals surface area (Å²) in [6.45, 7) is 12.9. The molecule has 2 atom stereocenters. The van der Waals surface area contributed by atoms with Gasteiger partial charge in [-0.3, -0.25) is 4.43 Å². The van der Waals surface area contributed by atoms with E-state index in [1.807, 2.05) is 20.8 Å². The second-order valence-electron chi connectivity index (χ2n) is 5.50. The monoisotopic (exact) mass is 394 g/mol. The Bertz CT molecular complexity index is 363. The normalized spacial score (nSPS) is 19.3. The first-order valence-corrected chi connectivity index (χ1v) is 11.0. The highest BCUT2D eigenvalue weighted by molar-refractivity contribution is 6.66. The third-order valence-corrected chi connectivity index (χ3v) is 5.67. The quantitative estimate of drug-likeness (QED) is 0.152. The molecule has 0 amide bonds. The average Bonchev–Trinajstić information content (AvgIpc) is 3.45. The Morgan fingerprint density at radius 2 is 1.65 bits per heavy atom. The number of rotatable bonds is 18. The van der Waals surface area contributed by atoms with Gasteiger partial charge in [0.2, 0.25) is 0 Å². The fourth-order valence-corrected chi connectivity index (χ4v) is 3.71. The largest absolute Gasteiger partial charge is 0.534 e. The van der Waals surface area contributed by atoms with Crippen LogP contribution < -0.4 is 0 Å². The zero-order valence-corrected chi connectivity index (χ0v) is 17.5. The molecule has 8 nitrogen and oxygen atoms in total. The van der Waals surface area contributed by atoms with E-state index in [1.54, 1.807) is 5.70 Å². The van der Waals surface area contributed by atoms with Crippen LogP contribution in [-0.2, 0) is 37.0 Å². The average molecular weight is 395 g/mol. The van der Waals surface area contributed by atoms with E-state index in [1.165, 1.54) is 7.11 Å². The van der Waals surface area contributed by atoms with E-state index >= 15 is 0 Å². The Hall–Kier alpha value is -0.363. The molecule has 9 heteroatoms. The van der Waals surface area contributed by atoms with Gasteiger partial charge in [-0.15, -0.1) is 0 Å². The molecule has 0 radical (unpaired) electrons. The molecular formula is C17H34O8Si.